The molecule has 2 aromatic rings. The van der Waals surface area contributed by atoms with Crippen molar-refractivity contribution in [2.45, 2.75) is 0 Å². The van der Waals surface area contributed by atoms with Gasteiger partial charge in [0.2, 0.25) is 0 Å². The number of carbonyl (C=O) groups excluding carboxylic acids is 2. The van der Waals surface area contributed by atoms with Crippen molar-refractivity contribution in [2.24, 2.45) is 0 Å². The van der Waals surface area contributed by atoms with Gasteiger partial charge in [0.25, 0.3) is 5.24 Å². The zero-order valence-electron chi connectivity index (χ0n) is 12.2. The molecule has 0 N–H and O–H groups in total. The molecule has 0 radical (unpaired) electrons. The van der Waals surface area contributed by atoms with E-state index in [-0.39, 0.29) is 11.8 Å². The Morgan fingerprint density at radius 2 is 1.70 bits per heavy atom. The van der Waals surface area contributed by atoms with Crippen LogP contribution in [-0.4, -0.2) is 35.0 Å². The van der Waals surface area contributed by atoms with Gasteiger partial charge in [-0.2, -0.15) is 0 Å². The lowest BCUT2D eigenvalue weighted by atomic mass is 10.1. The Kier molecular flexibility index (Phi) is 5.22. The standard InChI is InChI=1S/C17H14INO3S/c18-14-5-1-12(2-6-14)13-3-7-15(8-4-13)22-16(20)11-19-9-10-23-17(19)21/h1-8H,9-11H2. The van der Waals surface area contributed by atoms with Crippen LogP contribution in [0, 0.1) is 3.57 Å². The first kappa shape index (κ1) is 16.3. The summed E-state index contributed by atoms with van der Waals surface area (Å²) >= 11 is 3.50. The average molecular weight is 439 g/mol. The van der Waals surface area contributed by atoms with Gasteiger partial charge in [-0.25, -0.2) is 4.79 Å². The van der Waals surface area contributed by atoms with Crippen molar-refractivity contribution >= 4 is 45.6 Å². The van der Waals surface area contributed by atoms with E-state index in [9.17, 15) is 9.59 Å². The van der Waals surface area contributed by atoms with E-state index >= 15 is 0 Å². The molecule has 0 saturated carbocycles. The monoisotopic (exact) mass is 439 g/mol. The summed E-state index contributed by atoms with van der Waals surface area (Å²) in [6, 6.07) is 15.6. The number of rotatable bonds is 4. The molecule has 23 heavy (non-hydrogen) atoms. The van der Waals surface area contributed by atoms with E-state index in [4.69, 9.17) is 4.74 Å². The molecule has 1 aliphatic rings. The van der Waals surface area contributed by atoms with Crippen LogP contribution < -0.4 is 4.74 Å². The number of esters is 1. The van der Waals surface area contributed by atoms with Gasteiger partial charge < -0.3 is 9.64 Å². The third kappa shape index (κ3) is 4.26. The third-order valence-electron chi connectivity index (χ3n) is 3.43. The predicted molar refractivity (Wildman–Crippen MR) is 99.7 cm³/mol. The van der Waals surface area contributed by atoms with Crippen molar-refractivity contribution < 1.29 is 14.3 Å². The van der Waals surface area contributed by atoms with Crippen LogP contribution in [0.1, 0.15) is 0 Å². The number of halogens is 1. The van der Waals surface area contributed by atoms with E-state index in [0.717, 1.165) is 16.9 Å². The molecular weight excluding hydrogens is 425 g/mol. The number of carbonyl (C=O) groups is 2. The topological polar surface area (TPSA) is 46.6 Å². The number of hydrogen-bond donors (Lipinski definition) is 0. The molecule has 0 atom stereocenters. The minimum Gasteiger partial charge on any atom is -0.425 e. The van der Waals surface area contributed by atoms with E-state index in [1.807, 2.05) is 12.1 Å². The van der Waals surface area contributed by atoms with Gasteiger partial charge in [-0.15, -0.1) is 0 Å². The zero-order valence-corrected chi connectivity index (χ0v) is 15.2. The molecule has 0 unspecified atom stereocenters. The minimum atomic E-state index is -0.414. The van der Waals surface area contributed by atoms with Gasteiger partial charge in [-0.05, 0) is 58.0 Å². The first-order valence-corrected chi connectivity index (χ1v) is 9.16. The molecule has 3 rings (SSSR count). The van der Waals surface area contributed by atoms with Gasteiger partial charge in [0, 0.05) is 15.9 Å². The second-order valence-electron chi connectivity index (χ2n) is 5.04. The summed E-state index contributed by atoms with van der Waals surface area (Å²) in [5, 5.41) is -0.0593. The van der Waals surface area contributed by atoms with Gasteiger partial charge in [0.05, 0.1) is 0 Å². The molecular formula is C17H14INO3S. The summed E-state index contributed by atoms with van der Waals surface area (Å²) in [7, 11) is 0. The highest BCUT2D eigenvalue weighted by molar-refractivity contribution is 14.1. The molecule has 118 valence electrons. The summed E-state index contributed by atoms with van der Waals surface area (Å²) in [6.07, 6.45) is 0. The maximum absolute atomic E-state index is 11.9. The van der Waals surface area contributed by atoms with Gasteiger partial charge in [-0.3, -0.25) is 4.79 Å². The molecule has 6 heteroatoms. The first-order valence-electron chi connectivity index (χ1n) is 7.10. The number of amides is 1. The normalized spacial score (nSPS) is 14.1. The van der Waals surface area contributed by atoms with Crippen molar-refractivity contribution in [3.8, 4) is 16.9 Å². The predicted octanol–water partition coefficient (Wildman–Crippen LogP) is 4.03. The Balaban J connectivity index is 1.62. The molecule has 0 spiro atoms. The van der Waals surface area contributed by atoms with E-state index in [0.29, 0.717) is 12.3 Å². The average Bonchev–Trinajstić information content (AvgIpc) is 2.94. The number of benzene rings is 2. The number of thioether (sulfide) groups is 1. The lowest BCUT2D eigenvalue weighted by molar-refractivity contribution is -0.134. The number of nitrogens with zero attached hydrogens (tertiary/aromatic N) is 1. The van der Waals surface area contributed by atoms with Crippen LogP contribution in [-0.2, 0) is 4.79 Å². The van der Waals surface area contributed by atoms with Crippen LogP contribution in [0.25, 0.3) is 11.1 Å². The summed E-state index contributed by atoms with van der Waals surface area (Å²) < 4.78 is 6.48. The molecule has 2 aromatic carbocycles. The van der Waals surface area contributed by atoms with Gasteiger partial charge >= 0.3 is 5.97 Å². The molecule has 0 aromatic heterocycles. The van der Waals surface area contributed by atoms with Gasteiger partial charge in [-0.1, -0.05) is 36.0 Å². The van der Waals surface area contributed by atoms with Crippen molar-refractivity contribution in [3.05, 3.63) is 52.1 Å². The lowest BCUT2D eigenvalue weighted by Crippen LogP contribution is -2.32. The first-order chi connectivity index (χ1) is 11.1. The Labute approximate surface area is 152 Å². The van der Waals surface area contributed by atoms with Crippen molar-refractivity contribution in [1.82, 2.24) is 4.90 Å². The Morgan fingerprint density at radius 3 is 2.26 bits per heavy atom. The van der Waals surface area contributed by atoms with Crippen molar-refractivity contribution in [3.63, 3.8) is 0 Å². The minimum absolute atomic E-state index is 0.00467. The second kappa shape index (κ2) is 7.35. The van der Waals surface area contributed by atoms with E-state index in [1.54, 1.807) is 12.1 Å². The smallest absolute Gasteiger partial charge is 0.331 e. The maximum Gasteiger partial charge on any atom is 0.331 e. The highest BCUT2D eigenvalue weighted by Crippen LogP contribution is 2.23. The second-order valence-corrected chi connectivity index (χ2v) is 7.33. The van der Waals surface area contributed by atoms with Crippen LogP contribution in [0.2, 0.25) is 0 Å². The SMILES string of the molecule is O=C(CN1CCSC1=O)Oc1ccc(-c2ccc(I)cc2)cc1. The molecule has 4 nitrogen and oxygen atoms in total. The fraction of sp³-hybridized carbons (Fsp3) is 0.176. The van der Waals surface area contributed by atoms with Gasteiger partial charge in [0.1, 0.15) is 12.3 Å². The van der Waals surface area contributed by atoms with E-state index < -0.39 is 5.97 Å². The molecule has 1 fully saturated rings. The van der Waals surface area contributed by atoms with Crippen LogP contribution in [0.5, 0.6) is 5.75 Å². The fourth-order valence-electron chi connectivity index (χ4n) is 2.25. The summed E-state index contributed by atoms with van der Waals surface area (Å²) in [5.41, 5.74) is 2.18. The van der Waals surface area contributed by atoms with Crippen LogP contribution in [0.3, 0.4) is 0 Å². The third-order valence-corrected chi connectivity index (χ3v) is 5.04. The highest BCUT2D eigenvalue weighted by Gasteiger charge is 2.24. The summed E-state index contributed by atoms with van der Waals surface area (Å²) in [5.74, 6) is 0.808. The largest absolute Gasteiger partial charge is 0.425 e. The van der Waals surface area contributed by atoms with Crippen molar-refractivity contribution in [1.29, 1.82) is 0 Å². The van der Waals surface area contributed by atoms with E-state index in [1.165, 1.54) is 20.2 Å². The highest BCUT2D eigenvalue weighted by atomic mass is 127. The molecule has 0 aliphatic carbocycles. The quantitative estimate of drug-likeness (QED) is 0.410. The molecule has 1 aliphatic heterocycles. The van der Waals surface area contributed by atoms with Crippen LogP contribution in [0.15, 0.2) is 48.5 Å². The number of hydrogen-bond acceptors (Lipinski definition) is 4. The summed E-state index contributed by atoms with van der Waals surface area (Å²) in [4.78, 5) is 24.9. The van der Waals surface area contributed by atoms with Crippen LogP contribution >= 0.6 is 34.4 Å². The molecule has 1 saturated heterocycles. The fourth-order valence-corrected chi connectivity index (χ4v) is 3.43. The molecule has 1 amide bonds. The number of ether oxygens (including phenoxy) is 1. The van der Waals surface area contributed by atoms with E-state index in [2.05, 4.69) is 46.9 Å². The maximum atomic E-state index is 11.9. The lowest BCUT2D eigenvalue weighted by Gasteiger charge is -2.13. The van der Waals surface area contributed by atoms with Gasteiger partial charge in [0.15, 0.2) is 0 Å². The zero-order chi connectivity index (χ0) is 16.2. The van der Waals surface area contributed by atoms with Crippen LogP contribution in [0.4, 0.5) is 4.79 Å². The Hall–Kier alpha value is -1.54. The molecule has 1 heterocycles. The Morgan fingerprint density at radius 1 is 1.09 bits per heavy atom. The Bertz CT molecular complexity index is 716. The summed E-state index contributed by atoms with van der Waals surface area (Å²) in [6.45, 7) is 0.606. The van der Waals surface area contributed by atoms with Crippen molar-refractivity contribution in [2.75, 3.05) is 18.8 Å². The molecule has 0 bridgehead atoms.